The van der Waals surface area contributed by atoms with Crippen molar-refractivity contribution in [1.82, 2.24) is 15.5 Å². The maximum atomic E-state index is 13.9. The molecule has 4 aliphatic carbocycles. The van der Waals surface area contributed by atoms with Crippen LogP contribution in [0.5, 0.6) is 0 Å². The second-order valence-electron chi connectivity index (χ2n) is 21.2. The molecule has 4 bridgehead atoms. The lowest BCUT2D eigenvalue weighted by molar-refractivity contribution is -0.438. The smallest absolute Gasteiger partial charge is 0.294 e. The molecule has 2 atom stereocenters. The number of likely N-dealkylation sites (N-methyl/N-ethyl adjacent to an activating group) is 1. The SMILES string of the molecule is CCN1C(=CC=CC2=[N+](CCCCCC(=O)NC34CC5CC(CC(NCC(=O)N6Cc7cc(F)c(F)cc7C6)(C5)C3)C4)c3ccc(S(=O)(=O)O)cc3C2(C)C)C(C)(C)c2cc(S(=O)(=O)[O-])ccc21. The van der Waals surface area contributed by atoms with Crippen LogP contribution in [-0.4, -0.2) is 83.7 Å². The van der Waals surface area contributed by atoms with Gasteiger partial charge in [0.15, 0.2) is 17.3 Å². The number of nitrogens with one attached hydrogen (secondary N) is 2. The first-order valence-electron chi connectivity index (χ1n) is 23.8. The summed E-state index contributed by atoms with van der Waals surface area (Å²) in [5.41, 5.74) is 4.32. The molecule has 3 N–H and O–H groups in total. The molecule has 13 nitrogen and oxygen atoms in total. The van der Waals surface area contributed by atoms with E-state index in [2.05, 4.69) is 20.1 Å². The minimum atomic E-state index is -4.65. The van der Waals surface area contributed by atoms with Crippen LogP contribution in [0.4, 0.5) is 20.2 Å². The number of carbonyl (C=O) groups is 2. The van der Waals surface area contributed by atoms with E-state index in [0.29, 0.717) is 48.9 Å². The van der Waals surface area contributed by atoms with Gasteiger partial charge in [0.2, 0.25) is 17.5 Å². The zero-order valence-corrected chi connectivity index (χ0v) is 41.0. The number of nitrogens with zero attached hydrogens (tertiary/aromatic N) is 3. The molecule has 0 saturated heterocycles. The summed E-state index contributed by atoms with van der Waals surface area (Å²) < 4.78 is 100. The van der Waals surface area contributed by atoms with Crippen LogP contribution in [0.3, 0.4) is 0 Å². The highest BCUT2D eigenvalue weighted by Gasteiger charge is 2.58. The molecule has 4 fully saturated rings. The standard InChI is InChI=1S/C51H61F2N5O8S2/c1-6-57-42-16-14-36(67(61,62)63)22-38(42)48(2,3)44(57)11-10-12-45-49(4,5)39-23-37(68(64,65)66)15-17-43(39)58(45)18-9-7-8-13-46(59)55-51-26-32-19-33(27-51)25-50(24-32,31-51)54-28-47(60)56-29-34-20-40(52)41(53)21-35(34)30-56/h10-12,14-17,20-23,32-33,54H,6-9,13,18-19,24-31H2,1-5H3,(H2-,55,59,61,62,63,64,65,66). The van der Waals surface area contributed by atoms with E-state index >= 15 is 0 Å². The molecule has 3 aliphatic heterocycles. The van der Waals surface area contributed by atoms with E-state index in [1.54, 1.807) is 17.0 Å². The molecule has 7 aliphatic rings. The van der Waals surface area contributed by atoms with Crippen LogP contribution in [0, 0.1) is 23.5 Å². The van der Waals surface area contributed by atoms with Crippen molar-refractivity contribution in [2.24, 2.45) is 11.8 Å². The number of unbranched alkanes of at least 4 members (excludes halogenated alkanes) is 2. The van der Waals surface area contributed by atoms with Crippen LogP contribution in [0.15, 0.2) is 82.2 Å². The summed E-state index contributed by atoms with van der Waals surface area (Å²) in [6.45, 7) is 11.8. The first kappa shape index (κ1) is 48.2. The van der Waals surface area contributed by atoms with Crippen molar-refractivity contribution >= 4 is 49.1 Å². The van der Waals surface area contributed by atoms with Crippen LogP contribution in [-0.2, 0) is 53.7 Å². The lowest BCUT2D eigenvalue weighted by Gasteiger charge is -2.62. The Kier molecular flexibility index (Phi) is 12.2. The maximum Gasteiger partial charge on any atom is 0.294 e. The Labute approximate surface area is 398 Å². The van der Waals surface area contributed by atoms with E-state index in [1.165, 1.54) is 36.4 Å². The van der Waals surface area contributed by atoms with E-state index in [1.807, 2.05) is 52.8 Å². The van der Waals surface area contributed by atoms with Crippen LogP contribution in [0.1, 0.15) is 121 Å². The topological polar surface area (TPSA) is 179 Å². The van der Waals surface area contributed by atoms with E-state index in [9.17, 15) is 44.3 Å². The number of halogens is 2. The van der Waals surface area contributed by atoms with Gasteiger partial charge in [-0.3, -0.25) is 14.1 Å². The molecule has 3 aromatic rings. The van der Waals surface area contributed by atoms with Crippen molar-refractivity contribution in [2.45, 2.75) is 144 Å². The Morgan fingerprint density at radius 1 is 0.853 bits per heavy atom. The number of rotatable bonds is 15. The number of amides is 2. The second-order valence-corrected chi connectivity index (χ2v) is 24.0. The number of carbonyl (C=O) groups excluding carboxylic acids is 2. The number of hydrogen-bond donors (Lipinski definition) is 3. The van der Waals surface area contributed by atoms with Gasteiger partial charge in [0.1, 0.15) is 16.7 Å². The van der Waals surface area contributed by atoms with Crippen molar-refractivity contribution in [1.29, 1.82) is 0 Å². The molecular formula is C51H61F2N5O8S2. The minimum Gasteiger partial charge on any atom is -0.744 e. The molecule has 3 aromatic carbocycles. The lowest BCUT2D eigenvalue weighted by Crippen LogP contribution is -2.69. The monoisotopic (exact) mass is 973 g/mol. The van der Waals surface area contributed by atoms with Gasteiger partial charge in [-0.15, -0.1) is 0 Å². The van der Waals surface area contributed by atoms with Gasteiger partial charge in [0.05, 0.1) is 21.8 Å². The molecule has 17 heteroatoms. The Balaban J connectivity index is 0.855. The first-order valence-corrected chi connectivity index (χ1v) is 26.6. The molecule has 2 amide bonds. The largest absolute Gasteiger partial charge is 0.744 e. The van der Waals surface area contributed by atoms with Crippen LogP contribution in [0.2, 0.25) is 0 Å². The fourth-order valence-electron chi connectivity index (χ4n) is 13.1. The molecule has 3 heterocycles. The first-order chi connectivity index (χ1) is 31.9. The second kappa shape index (κ2) is 17.2. The molecule has 0 spiro atoms. The Hall–Kier alpha value is -4.81. The van der Waals surface area contributed by atoms with Gasteiger partial charge < -0.3 is 25.0 Å². The molecule has 0 radical (unpaired) electrons. The van der Waals surface area contributed by atoms with Gasteiger partial charge in [-0.2, -0.15) is 13.0 Å². The van der Waals surface area contributed by atoms with Crippen molar-refractivity contribution in [2.75, 3.05) is 24.5 Å². The van der Waals surface area contributed by atoms with Crippen molar-refractivity contribution < 1.29 is 48.9 Å². The third-order valence-corrected chi connectivity index (χ3v) is 17.5. The molecule has 0 aromatic heterocycles. The highest BCUT2D eigenvalue weighted by molar-refractivity contribution is 7.86. The van der Waals surface area contributed by atoms with Gasteiger partial charge >= 0.3 is 0 Å². The van der Waals surface area contributed by atoms with Gasteiger partial charge in [-0.05, 0) is 149 Å². The van der Waals surface area contributed by atoms with Crippen molar-refractivity contribution in [3.05, 3.63) is 106 Å². The Morgan fingerprint density at radius 3 is 2.12 bits per heavy atom. The van der Waals surface area contributed by atoms with Gasteiger partial charge in [0, 0.05) is 78.1 Å². The number of allylic oxidation sites excluding steroid dienone is 4. The van der Waals surface area contributed by atoms with E-state index in [4.69, 9.17) is 0 Å². The summed E-state index contributed by atoms with van der Waals surface area (Å²) in [4.78, 5) is 30.4. The molecule has 68 heavy (non-hydrogen) atoms. The highest BCUT2D eigenvalue weighted by atomic mass is 32.2. The van der Waals surface area contributed by atoms with Crippen LogP contribution < -0.4 is 15.5 Å². The maximum absolute atomic E-state index is 13.9. The van der Waals surface area contributed by atoms with Crippen LogP contribution >= 0.6 is 0 Å². The molecular weight excluding hydrogens is 913 g/mol. The lowest BCUT2D eigenvalue weighted by atomic mass is 9.50. The normalized spacial score (nSPS) is 26.0. The van der Waals surface area contributed by atoms with E-state index in [0.717, 1.165) is 85.3 Å². The van der Waals surface area contributed by atoms with Gasteiger partial charge in [0.25, 0.3) is 10.1 Å². The molecule has 4 saturated carbocycles. The zero-order valence-electron chi connectivity index (χ0n) is 39.3. The van der Waals surface area contributed by atoms with Gasteiger partial charge in [-0.1, -0.05) is 19.9 Å². The summed E-state index contributed by atoms with van der Waals surface area (Å²) in [6.07, 6.45) is 14.1. The van der Waals surface area contributed by atoms with E-state index in [-0.39, 0.29) is 52.3 Å². The summed E-state index contributed by atoms with van der Waals surface area (Å²) in [6, 6.07) is 11.5. The fraction of sp³-hybridized carbons (Fsp3) is 0.510. The van der Waals surface area contributed by atoms with Crippen LogP contribution in [0.25, 0.3) is 0 Å². The Bertz CT molecular complexity index is 2880. The third-order valence-electron chi connectivity index (χ3n) is 15.8. The molecule has 10 rings (SSSR count). The van der Waals surface area contributed by atoms with Gasteiger partial charge in [-0.25, -0.2) is 17.2 Å². The number of anilines is 1. The summed E-state index contributed by atoms with van der Waals surface area (Å²) in [7, 11) is -9.12. The number of benzene rings is 3. The third kappa shape index (κ3) is 8.86. The van der Waals surface area contributed by atoms with Crippen molar-refractivity contribution in [3.8, 4) is 0 Å². The predicted molar refractivity (Wildman–Crippen MR) is 252 cm³/mol. The predicted octanol–water partition coefficient (Wildman–Crippen LogP) is 7.65. The molecule has 364 valence electrons. The fourth-order valence-corrected chi connectivity index (χ4v) is 14.1. The summed E-state index contributed by atoms with van der Waals surface area (Å²) >= 11 is 0. The summed E-state index contributed by atoms with van der Waals surface area (Å²) in [5, 5.41) is 7.11. The highest BCUT2D eigenvalue weighted by Crippen LogP contribution is 2.57. The van der Waals surface area contributed by atoms with E-state index < -0.39 is 42.7 Å². The Morgan fingerprint density at radius 2 is 1.49 bits per heavy atom. The number of hydrogen-bond acceptors (Lipinski definition) is 9. The average Bonchev–Trinajstić information content (AvgIpc) is 3.82. The minimum absolute atomic E-state index is 0.0186. The molecule has 2 unspecified atom stereocenters. The quantitative estimate of drug-likeness (QED) is 0.0779. The zero-order chi connectivity index (χ0) is 48.8. The summed E-state index contributed by atoms with van der Waals surface area (Å²) in [5.74, 6) is -1.02. The number of fused-ring (bicyclic) bond motifs is 3. The average molecular weight is 974 g/mol. The van der Waals surface area contributed by atoms with Crippen molar-refractivity contribution in [3.63, 3.8) is 0 Å².